The fourth-order valence-electron chi connectivity index (χ4n) is 1.79. The number of hydrogen-bond donors (Lipinski definition) is 1. The number of non-ortho nitro benzene ring substituents is 1. The van der Waals surface area contributed by atoms with Gasteiger partial charge in [-0.15, -0.1) is 0 Å². The van der Waals surface area contributed by atoms with E-state index in [0.717, 1.165) is 11.0 Å². The third-order valence-corrected chi connectivity index (χ3v) is 4.02. The molecule has 7 nitrogen and oxygen atoms in total. The molecule has 2 aromatic carbocycles. The van der Waals surface area contributed by atoms with Crippen molar-refractivity contribution >= 4 is 43.3 Å². The molecule has 0 atom stereocenters. The van der Waals surface area contributed by atoms with Gasteiger partial charge in [0.25, 0.3) is 0 Å². The molecular formula is C13H8N4O3Se. The Labute approximate surface area is 125 Å². The Hall–Kier alpha value is -2.57. The molecule has 0 fully saturated rings. The second-order valence-electron chi connectivity index (χ2n) is 4.23. The van der Waals surface area contributed by atoms with Crippen LogP contribution in [-0.2, 0) is 0 Å². The van der Waals surface area contributed by atoms with E-state index in [1.807, 2.05) is 0 Å². The Balaban J connectivity index is 1.80. The van der Waals surface area contributed by atoms with Crippen molar-refractivity contribution in [3.05, 3.63) is 58.1 Å². The number of nitrogens with one attached hydrogen (secondary N) is 1. The Kier molecular flexibility index (Phi) is 3.47. The molecule has 1 aromatic heterocycles. The zero-order chi connectivity index (χ0) is 14.8. The molecule has 0 bridgehead atoms. The van der Waals surface area contributed by atoms with Crippen molar-refractivity contribution in [3.63, 3.8) is 0 Å². The average Bonchev–Trinajstić information content (AvgIpc) is 2.95. The maximum absolute atomic E-state index is 12.1. The number of nitro benzene ring substituents is 1. The van der Waals surface area contributed by atoms with Gasteiger partial charge in [0.05, 0.1) is 0 Å². The molecule has 3 aromatic rings. The summed E-state index contributed by atoms with van der Waals surface area (Å²) in [7, 11) is 0. The van der Waals surface area contributed by atoms with Crippen LogP contribution in [0.1, 0.15) is 10.4 Å². The first kappa shape index (κ1) is 13.4. The quantitative estimate of drug-likeness (QED) is 0.443. The minimum absolute atomic E-state index is 0.0202. The minimum atomic E-state index is -0.487. The number of benzene rings is 2. The molecule has 0 aliphatic heterocycles. The number of carbonyl (C=O) groups is 1. The number of nitro groups is 1. The van der Waals surface area contributed by atoms with Crippen LogP contribution in [0.3, 0.4) is 0 Å². The van der Waals surface area contributed by atoms with Crippen molar-refractivity contribution in [1.82, 2.24) is 7.96 Å². The van der Waals surface area contributed by atoms with Crippen molar-refractivity contribution in [2.75, 3.05) is 5.32 Å². The number of rotatable bonds is 3. The molecule has 1 heterocycles. The summed E-state index contributed by atoms with van der Waals surface area (Å²) in [5.74, 6) is -0.291. The van der Waals surface area contributed by atoms with E-state index in [2.05, 4.69) is 13.3 Å². The maximum atomic E-state index is 12.1. The van der Waals surface area contributed by atoms with E-state index in [1.54, 1.807) is 18.2 Å². The number of aromatic nitrogens is 2. The van der Waals surface area contributed by atoms with Gasteiger partial charge < -0.3 is 0 Å². The second-order valence-corrected chi connectivity index (χ2v) is 5.33. The predicted octanol–water partition coefficient (Wildman–Crippen LogP) is 1.85. The predicted molar refractivity (Wildman–Crippen MR) is 77.5 cm³/mol. The van der Waals surface area contributed by atoms with Gasteiger partial charge in [0, 0.05) is 0 Å². The summed E-state index contributed by atoms with van der Waals surface area (Å²) in [5.41, 5.74) is 2.49. The van der Waals surface area contributed by atoms with Gasteiger partial charge in [0.15, 0.2) is 0 Å². The van der Waals surface area contributed by atoms with E-state index in [1.165, 1.54) is 24.3 Å². The third-order valence-electron chi connectivity index (χ3n) is 2.85. The normalized spacial score (nSPS) is 10.5. The number of amides is 1. The van der Waals surface area contributed by atoms with Crippen LogP contribution >= 0.6 is 0 Å². The molecule has 0 unspecified atom stereocenters. The summed E-state index contributed by atoms with van der Waals surface area (Å²) in [6.45, 7) is 0. The van der Waals surface area contributed by atoms with Gasteiger partial charge >= 0.3 is 124 Å². The van der Waals surface area contributed by atoms with Crippen LogP contribution in [0.25, 0.3) is 11.0 Å². The van der Waals surface area contributed by atoms with Crippen LogP contribution in [-0.4, -0.2) is 33.8 Å². The number of nitrogens with zero attached hydrogens (tertiary/aromatic N) is 3. The first-order chi connectivity index (χ1) is 10.1. The summed E-state index contributed by atoms with van der Waals surface area (Å²) >= 11 is -0.129. The molecular weight excluding hydrogens is 339 g/mol. The Bertz CT molecular complexity index is 829. The SMILES string of the molecule is O=C(Nc1ccc([N+](=O)[O-])cc1)c1ccc2n[se]nc2c1. The van der Waals surface area contributed by atoms with Crippen LogP contribution < -0.4 is 5.32 Å². The first-order valence-corrected chi connectivity index (χ1v) is 7.45. The van der Waals surface area contributed by atoms with E-state index < -0.39 is 4.92 Å². The van der Waals surface area contributed by atoms with E-state index in [-0.39, 0.29) is 26.6 Å². The Morgan fingerprint density at radius 1 is 1.10 bits per heavy atom. The third kappa shape index (κ3) is 2.81. The van der Waals surface area contributed by atoms with E-state index >= 15 is 0 Å². The molecule has 0 aliphatic carbocycles. The summed E-state index contributed by atoms with van der Waals surface area (Å²) in [5, 5.41) is 13.3. The van der Waals surface area contributed by atoms with Gasteiger partial charge in [-0.1, -0.05) is 0 Å². The molecule has 8 heteroatoms. The summed E-state index contributed by atoms with van der Waals surface area (Å²) in [4.78, 5) is 22.2. The fourth-order valence-corrected chi connectivity index (χ4v) is 2.88. The monoisotopic (exact) mass is 348 g/mol. The van der Waals surface area contributed by atoms with E-state index in [0.29, 0.717) is 11.3 Å². The zero-order valence-electron chi connectivity index (χ0n) is 10.5. The Morgan fingerprint density at radius 3 is 2.52 bits per heavy atom. The molecule has 0 saturated heterocycles. The molecule has 21 heavy (non-hydrogen) atoms. The van der Waals surface area contributed by atoms with E-state index in [9.17, 15) is 14.9 Å². The van der Waals surface area contributed by atoms with Crippen molar-refractivity contribution in [2.24, 2.45) is 0 Å². The molecule has 0 aliphatic rings. The van der Waals surface area contributed by atoms with Crippen molar-refractivity contribution in [1.29, 1.82) is 0 Å². The van der Waals surface area contributed by atoms with Gasteiger partial charge in [-0.25, -0.2) is 0 Å². The standard InChI is InChI=1S/C13H8N4O3Se/c18-13(8-1-6-11-12(7-8)16-21-15-11)14-9-2-4-10(5-3-9)17(19)20/h1-7H,(H,14,18). The van der Waals surface area contributed by atoms with Crippen molar-refractivity contribution < 1.29 is 9.72 Å². The van der Waals surface area contributed by atoms with Gasteiger partial charge in [-0.05, 0) is 0 Å². The van der Waals surface area contributed by atoms with Crippen LogP contribution in [0.15, 0.2) is 42.5 Å². The summed E-state index contributed by atoms with van der Waals surface area (Å²) < 4.78 is 8.43. The second kappa shape index (κ2) is 5.43. The van der Waals surface area contributed by atoms with Crippen molar-refractivity contribution in [3.8, 4) is 0 Å². The number of anilines is 1. The molecule has 0 radical (unpaired) electrons. The topological polar surface area (TPSA) is 98.0 Å². The first-order valence-electron chi connectivity index (χ1n) is 5.91. The molecule has 3 rings (SSSR count). The van der Waals surface area contributed by atoms with Gasteiger partial charge in [0.2, 0.25) is 0 Å². The van der Waals surface area contributed by atoms with Crippen molar-refractivity contribution in [2.45, 2.75) is 0 Å². The van der Waals surface area contributed by atoms with E-state index in [4.69, 9.17) is 0 Å². The van der Waals surface area contributed by atoms with Crippen LogP contribution in [0.2, 0.25) is 0 Å². The molecule has 0 saturated carbocycles. The number of hydrogen-bond acceptors (Lipinski definition) is 5. The molecule has 1 amide bonds. The van der Waals surface area contributed by atoms with Gasteiger partial charge in [0.1, 0.15) is 0 Å². The molecule has 104 valence electrons. The fraction of sp³-hybridized carbons (Fsp3) is 0. The molecule has 0 spiro atoms. The summed E-state index contributed by atoms with van der Waals surface area (Å²) in [6.07, 6.45) is 0. The Morgan fingerprint density at radius 2 is 1.81 bits per heavy atom. The van der Waals surface area contributed by atoms with Crippen LogP contribution in [0, 0.1) is 10.1 Å². The van der Waals surface area contributed by atoms with Crippen LogP contribution in [0.4, 0.5) is 11.4 Å². The average molecular weight is 347 g/mol. The molecule has 1 N–H and O–H groups in total. The number of carbonyl (C=O) groups excluding carboxylic acids is 1. The zero-order valence-corrected chi connectivity index (χ0v) is 12.2. The van der Waals surface area contributed by atoms with Gasteiger partial charge in [-0.3, -0.25) is 0 Å². The van der Waals surface area contributed by atoms with Gasteiger partial charge in [-0.2, -0.15) is 0 Å². The number of fused-ring (bicyclic) bond motifs is 1. The summed E-state index contributed by atoms with van der Waals surface area (Å²) in [6, 6.07) is 10.8. The van der Waals surface area contributed by atoms with Crippen LogP contribution in [0.5, 0.6) is 0 Å².